The van der Waals surface area contributed by atoms with E-state index in [1.165, 1.54) is 17.2 Å². The number of anilines is 1. The van der Waals surface area contributed by atoms with E-state index in [0.29, 0.717) is 5.69 Å². The molecule has 0 saturated heterocycles. The Kier molecular flexibility index (Phi) is 3.04. The molecule has 1 aliphatic carbocycles. The van der Waals surface area contributed by atoms with Gasteiger partial charge in [0.15, 0.2) is 0 Å². The molecule has 0 radical (unpaired) electrons. The van der Waals surface area contributed by atoms with E-state index in [1.807, 2.05) is 13.0 Å². The monoisotopic (exact) mass is 269 g/mol. The number of aryl methyl sites for hydroxylation is 1. The molecule has 3 rings (SSSR count). The first-order chi connectivity index (χ1) is 9.47. The molecule has 0 aliphatic heterocycles. The largest absolute Gasteiger partial charge is 0.375 e. The Morgan fingerprint density at radius 2 is 1.90 bits per heavy atom. The predicted octanol–water partition coefficient (Wildman–Crippen LogP) is 4.87. The number of fused-ring (bicyclic) bond motifs is 1. The lowest BCUT2D eigenvalue weighted by atomic mass is 9.85. The van der Waals surface area contributed by atoms with Crippen LogP contribution in [0, 0.1) is 18.2 Å². The van der Waals surface area contributed by atoms with Crippen molar-refractivity contribution in [1.29, 1.82) is 0 Å². The summed E-state index contributed by atoms with van der Waals surface area (Å²) in [7, 11) is 0. The number of nitrogens with one attached hydrogen (secondary N) is 1. The third-order valence-corrected chi connectivity index (χ3v) is 4.22. The molecule has 0 aromatic heterocycles. The summed E-state index contributed by atoms with van der Waals surface area (Å²) in [4.78, 5) is 0. The number of hydrogen-bond acceptors (Lipinski definition) is 1. The number of rotatable bonds is 2. The normalized spacial score (nSPS) is 19.7. The third-order valence-electron chi connectivity index (χ3n) is 4.22. The van der Waals surface area contributed by atoms with Gasteiger partial charge in [-0.05, 0) is 47.6 Å². The van der Waals surface area contributed by atoms with E-state index in [0.717, 1.165) is 12.0 Å². The zero-order valence-corrected chi connectivity index (χ0v) is 12.2. The molecule has 20 heavy (non-hydrogen) atoms. The summed E-state index contributed by atoms with van der Waals surface area (Å²) in [6.45, 7) is 6.45. The summed E-state index contributed by atoms with van der Waals surface area (Å²) in [5, 5.41) is 3.42. The summed E-state index contributed by atoms with van der Waals surface area (Å²) < 4.78 is 14.0. The van der Waals surface area contributed by atoms with Crippen molar-refractivity contribution in [2.24, 2.45) is 5.41 Å². The van der Waals surface area contributed by atoms with Crippen LogP contribution >= 0.6 is 0 Å². The number of hydrogen-bond donors (Lipinski definition) is 1. The molecule has 0 bridgehead atoms. The molecule has 0 spiro atoms. The maximum absolute atomic E-state index is 14.0. The molecule has 0 amide bonds. The van der Waals surface area contributed by atoms with Crippen LogP contribution in [-0.4, -0.2) is 0 Å². The van der Waals surface area contributed by atoms with Crippen molar-refractivity contribution in [2.75, 3.05) is 5.32 Å². The highest BCUT2D eigenvalue weighted by Gasteiger charge is 2.38. The van der Waals surface area contributed by atoms with Gasteiger partial charge in [0.1, 0.15) is 5.82 Å². The van der Waals surface area contributed by atoms with E-state index < -0.39 is 0 Å². The molecule has 2 aromatic rings. The summed E-state index contributed by atoms with van der Waals surface area (Å²) in [5.41, 5.74) is 4.40. The highest BCUT2D eigenvalue weighted by Crippen LogP contribution is 2.46. The Hall–Kier alpha value is -1.83. The van der Waals surface area contributed by atoms with Gasteiger partial charge in [0.2, 0.25) is 0 Å². The van der Waals surface area contributed by atoms with Gasteiger partial charge in [-0.2, -0.15) is 0 Å². The van der Waals surface area contributed by atoms with Crippen LogP contribution in [0.2, 0.25) is 0 Å². The first-order valence-corrected chi connectivity index (χ1v) is 7.08. The lowest BCUT2D eigenvalue weighted by molar-refractivity contribution is 0.336. The molecular formula is C18H20FN. The predicted molar refractivity (Wildman–Crippen MR) is 81.4 cm³/mol. The van der Waals surface area contributed by atoms with Gasteiger partial charge in [-0.1, -0.05) is 44.2 Å². The van der Waals surface area contributed by atoms with Gasteiger partial charge in [0.25, 0.3) is 0 Å². The second-order valence-electron chi connectivity index (χ2n) is 6.42. The van der Waals surface area contributed by atoms with E-state index in [-0.39, 0.29) is 17.3 Å². The molecule has 2 aromatic carbocycles. The van der Waals surface area contributed by atoms with Gasteiger partial charge < -0.3 is 5.32 Å². The van der Waals surface area contributed by atoms with Crippen LogP contribution in [-0.2, 0) is 6.42 Å². The van der Waals surface area contributed by atoms with E-state index >= 15 is 0 Å². The molecular weight excluding hydrogens is 249 g/mol. The van der Waals surface area contributed by atoms with Crippen LogP contribution in [0.4, 0.5) is 10.1 Å². The van der Waals surface area contributed by atoms with Gasteiger partial charge in [-0.15, -0.1) is 0 Å². The van der Waals surface area contributed by atoms with Crippen molar-refractivity contribution in [3.63, 3.8) is 0 Å². The van der Waals surface area contributed by atoms with Crippen molar-refractivity contribution in [3.05, 3.63) is 65.0 Å². The Bertz CT molecular complexity index is 646. The molecule has 1 N–H and O–H groups in total. The van der Waals surface area contributed by atoms with Crippen molar-refractivity contribution >= 4 is 5.69 Å². The van der Waals surface area contributed by atoms with Crippen LogP contribution in [0.3, 0.4) is 0 Å². The standard InChI is InChI=1S/C18H20FN/c1-12-8-9-15(19)16(10-12)20-17-14-7-5-4-6-13(14)11-18(17,2)3/h4-10,17,20H,11H2,1-3H3. The van der Waals surface area contributed by atoms with E-state index in [1.54, 1.807) is 6.07 Å². The van der Waals surface area contributed by atoms with Crippen LogP contribution in [0.25, 0.3) is 0 Å². The molecule has 1 unspecified atom stereocenters. The number of halogens is 1. The summed E-state index contributed by atoms with van der Waals surface area (Å²) >= 11 is 0. The van der Waals surface area contributed by atoms with Gasteiger partial charge >= 0.3 is 0 Å². The first-order valence-electron chi connectivity index (χ1n) is 7.08. The fraction of sp³-hybridized carbons (Fsp3) is 0.333. The minimum Gasteiger partial charge on any atom is -0.375 e. The molecule has 1 aliphatic rings. The van der Waals surface area contributed by atoms with Crippen molar-refractivity contribution in [1.82, 2.24) is 0 Å². The van der Waals surface area contributed by atoms with Crippen LogP contribution in [0.1, 0.15) is 36.6 Å². The van der Waals surface area contributed by atoms with Crippen LogP contribution < -0.4 is 5.32 Å². The molecule has 104 valence electrons. The second-order valence-corrected chi connectivity index (χ2v) is 6.42. The van der Waals surface area contributed by atoms with Gasteiger partial charge in [-0.3, -0.25) is 0 Å². The first kappa shape index (κ1) is 13.2. The topological polar surface area (TPSA) is 12.0 Å². The van der Waals surface area contributed by atoms with E-state index in [4.69, 9.17) is 0 Å². The molecule has 0 heterocycles. The average Bonchev–Trinajstić information content (AvgIpc) is 2.65. The fourth-order valence-electron chi connectivity index (χ4n) is 3.17. The Balaban J connectivity index is 1.99. The third kappa shape index (κ3) is 2.20. The zero-order chi connectivity index (χ0) is 14.3. The lowest BCUT2D eigenvalue weighted by Crippen LogP contribution is -2.25. The molecule has 0 fully saturated rings. The summed E-state index contributed by atoms with van der Waals surface area (Å²) in [5.74, 6) is -0.184. The molecule has 1 nitrogen and oxygen atoms in total. The SMILES string of the molecule is Cc1ccc(F)c(NC2c3ccccc3CC2(C)C)c1. The van der Waals surface area contributed by atoms with Crippen molar-refractivity contribution in [2.45, 2.75) is 33.2 Å². The Morgan fingerprint density at radius 1 is 1.15 bits per heavy atom. The number of benzene rings is 2. The van der Waals surface area contributed by atoms with Gasteiger partial charge in [0.05, 0.1) is 11.7 Å². The summed E-state index contributed by atoms with van der Waals surface area (Å²) in [6.07, 6.45) is 1.02. The van der Waals surface area contributed by atoms with Crippen molar-refractivity contribution in [3.8, 4) is 0 Å². The minimum absolute atomic E-state index is 0.0832. The molecule has 0 saturated carbocycles. The fourth-order valence-corrected chi connectivity index (χ4v) is 3.17. The van der Waals surface area contributed by atoms with E-state index in [9.17, 15) is 4.39 Å². The Labute approximate surface area is 119 Å². The lowest BCUT2D eigenvalue weighted by Gasteiger charge is -2.29. The zero-order valence-electron chi connectivity index (χ0n) is 12.2. The maximum Gasteiger partial charge on any atom is 0.146 e. The van der Waals surface area contributed by atoms with Crippen molar-refractivity contribution < 1.29 is 4.39 Å². The van der Waals surface area contributed by atoms with Crippen LogP contribution in [0.15, 0.2) is 42.5 Å². The minimum atomic E-state index is -0.184. The Morgan fingerprint density at radius 3 is 2.70 bits per heavy atom. The van der Waals surface area contributed by atoms with Gasteiger partial charge in [0, 0.05) is 0 Å². The second kappa shape index (κ2) is 4.62. The summed E-state index contributed by atoms with van der Waals surface area (Å²) in [6, 6.07) is 13.8. The maximum atomic E-state index is 14.0. The quantitative estimate of drug-likeness (QED) is 0.820. The smallest absolute Gasteiger partial charge is 0.146 e. The molecule has 2 heteroatoms. The van der Waals surface area contributed by atoms with Crippen LogP contribution in [0.5, 0.6) is 0 Å². The van der Waals surface area contributed by atoms with Gasteiger partial charge in [-0.25, -0.2) is 4.39 Å². The van der Waals surface area contributed by atoms with E-state index in [2.05, 4.69) is 43.4 Å². The average molecular weight is 269 g/mol. The highest BCUT2D eigenvalue weighted by atomic mass is 19.1. The highest BCUT2D eigenvalue weighted by molar-refractivity contribution is 5.52. The molecule has 1 atom stereocenters.